The SMILES string of the molecule is CCCCCC(F)N(O)[C@@]1(O)[C@H](O)[C@@H](CO)O[C@@]1(O)n1cc(C(C)C)c(=O)[nH]c1=O. The topological polar surface area (TPSA) is 168 Å². The van der Waals surface area contributed by atoms with Crippen LogP contribution in [0.1, 0.15) is 57.9 Å². The zero-order chi connectivity index (χ0) is 22.9. The van der Waals surface area contributed by atoms with Gasteiger partial charge in [0.25, 0.3) is 5.56 Å². The van der Waals surface area contributed by atoms with E-state index in [0.717, 1.165) is 12.6 Å². The van der Waals surface area contributed by atoms with Crippen molar-refractivity contribution < 1.29 is 34.8 Å². The average molecular weight is 435 g/mol. The number of ether oxygens (including phenoxy) is 1. The van der Waals surface area contributed by atoms with Crippen molar-refractivity contribution in [1.82, 2.24) is 14.6 Å². The van der Waals surface area contributed by atoms with E-state index < -0.39 is 53.9 Å². The van der Waals surface area contributed by atoms with Crippen LogP contribution in [-0.4, -0.2) is 71.1 Å². The lowest BCUT2D eigenvalue weighted by Gasteiger charge is -2.43. The molecule has 1 unspecified atom stereocenters. The van der Waals surface area contributed by atoms with Gasteiger partial charge in [-0.05, 0) is 18.8 Å². The number of hydroxylamine groups is 2. The Hall–Kier alpha value is -1.67. The summed E-state index contributed by atoms with van der Waals surface area (Å²) in [4.78, 5) is 26.4. The van der Waals surface area contributed by atoms with Crippen LogP contribution < -0.4 is 11.2 Å². The Morgan fingerprint density at radius 3 is 2.50 bits per heavy atom. The Kier molecular flexibility index (Phi) is 7.56. The van der Waals surface area contributed by atoms with Gasteiger partial charge in [0.15, 0.2) is 6.30 Å². The quantitative estimate of drug-likeness (QED) is 0.127. The third-order valence-electron chi connectivity index (χ3n) is 5.32. The summed E-state index contributed by atoms with van der Waals surface area (Å²) in [5.74, 6) is -3.67. The molecule has 172 valence electrons. The van der Waals surface area contributed by atoms with Crippen LogP contribution >= 0.6 is 0 Å². The number of halogens is 1. The Morgan fingerprint density at radius 2 is 1.97 bits per heavy atom. The molecule has 1 saturated heterocycles. The van der Waals surface area contributed by atoms with Crippen molar-refractivity contribution in [3.63, 3.8) is 0 Å². The van der Waals surface area contributed by atoms with Gasteiger partial charge in [0.2, 0.25) is 5.72 Å². The fourth-order valence-electron chi connectivity index (χ4n) is 3.49. The molecule has 11 nitrogen and oxygen atoms in total. The molecular formula is C18H30FN3O8. The molecule has 1 aliphatic rings. The highest BCUT2D eigenvalue weighted by Gasteiger charge is 2.71. The van der Waals surface area contributed by atoms with E-state index in [1.54, 1.807) is 13.8 Å². The number of aromatic amines is 1. The average Bonchev–Trinajstić information content (AvgIpc) is 2.89. The van der Waals surface area contributed by atoms with E-state index in [2.05, 4.69) is 0 Å². The number of nitrogens with one attached hydrogen (secondary N) is 1. The maximum absolute atomic E-state index is 14.7. The first-order valence-electron chi connectivity index (χ1n) is 9.85. The molecule has 0 amide bonds. The summed E-state index contributed by atoms with van der Waals surface area (Å²) >= 11 is 0. The van der Waals surface area contributed by atoms with Gasteiger partial charge in [-0.1, -0.05) is 33.6 Å². The molecule has 6 N–H and O–H groups in total. The van der Waals surface area contributed by atoms with E-state index in [-0.39, 0.29) is 17.0 Å². The van der Waals surface area contributed by atoms with E-state index in [1.807, 2.05) is 11.9 Å². The maximum Gasteiger partial charge on any atom is 0.332 e. The van der Waals surface area contributed by atoms with E-state index in [9.17, 15) is 39.6 Å². The number of unbranched alkanes of at least 4 members (excludes halogenated alkanes) is 2. The number of alkyl halides is 1. The van der Waals surface area contributed by atoms with Crippen LogP contribution in [0.15, 0.2) is 15.8 Å². The van der Waals surface area contributed by atoms with E-state index >= 15 is 0 Å². The van der Waals surface area contributed by atoms with Crippen LogP contribution in [0.2, 0.25) is 0 Å². The van der Waals surface area contributed by atoms with Crippen LogP contribution in [0.4, 0.5) is 4.39 Å². The van der Waals surface area contributed by atoms with Crippen molar-refractivity contribution >= 4 is 0 Å². The second-order valence-electron chi connectivity index (χ2n) is 7.76. The molecule has 30 heavy (non-hydrogen) atoms. The van der Waals surface area contributed by atoms with Gasteiger partial charge in [0.1, 0.15) is 12.2 Å². The normalized spacial score (nSPS) is 30.4. The highest BCUT2D eigenvalue weighted by atomic mass is 19.1. The van der Waals surface area contributed by atoms with Gasteiger partial charge in [0.05, 0.1) is 6.61 Å². The minimum Gasteiger partial charge on any atom is -0.394 e. The molecule has 0 aromatic carbocycles. The fourth-order valence-corrected chi connectivity index (χ4v) is 3.49. The van der Waals surface area contributed by atoms with Crippen LogP contribution in [-0.2, 0) is 10.6 Å². The van der Waals surface area contributed by atoms with Crippen molar-refractivity contribution in [1.29, 1.82) is 0 Å². The summed E-state index contributed by atoms with van der Waals surface area (Å²) in [5.41, 5.74) is -5.27. The lowest BCUT2D eigenvalue weighted by atomic mass is 9.99. The first kappa shape index (κ1) is 24.6. The molecule has 5 atom stereocenters. The van der Waals surface area contributed by atoms with Gasteiger partial charge < -0.3 is 30.4 Å². The first-order chi connectivity index (χ1) is 13.9. The smallest absolute Gasteiger partial charge is 0.332 e. The Labute approximate surface area is 171 Å². The highest BCUT2D eigenvalue weighted by Crippen LogP contribution is 2.44. The third-order valence-corrected chi connectivity index (χ3v) is 5.32. The Balaban J connectivity index is 2.61. The summed E-state index contributed by atoms with van der Waals surface area (Å²) < 4.78 is 20.2. The van der Waals surface area contributed by atoms with Gasteiger partial charge in [-0.2, -0.15) is 0 Å². The third kappa shape index (κ3) is 3.96. The van der Waals surface area contributed by atoms with Gasteiger partial charge in [-0.15, -0.1) is 5.06 Å². The second-order valence-corrected chi connectivity index (χ2v) is 7.76. The molecule has 0 saturated carbocycles. The molecule has 1 aromatic rings. The molecule has 0 spiro atoms. The van der Waals surface area contributed by atoms with Gasteiger partial charge in [-0.25, -0.2) is 13.8 Å². The molecule has 12 heteroatoms. The Morgan fingerprint density at radius 1 is 1.33 bits per heavy atom. The van der Waals surface area contributed by atoms with Crippen molar-refractivity contribution in [3.05, 3.63) is 32.6 Å². The van der Waals surface area contributed by atoms with Gasteiger partial charge >= 0.3 is 11.6 Å². The number of aliphatic hydroxyl groups is 4. The molecule has 0 aliphatic carbocycles. The second kappa shape index (κ2) is 9.22. The van der Waals surface area contributed by atoms with Crippen LogP contribution in [0.5, 0.6) is 0 Å². The number of hydrogen-bond donors (Lipinski definition) is 6. The highest BCUT2D eigenvalue weighted by molar-refractivity contribution is 5.13. The summed E-state index contributed by atoms with van der Waals surface area (Å²) in [6.07, 6.45) is -3.78. The molecule has 2 heterocycles. The predicted octanol–water partition coefficient (Wildman–Crippen LogP) is -0.730. The molecule has 0 radical (unpaired) electrons. The number of hydrogen-bond acceptors (Lipinski definition) is 9. The van der Waals surface area contributed by atoms with Gasteiger partial charge in [0, 0.05) is 11.8 Å². The summed E-state index contributed by atoms with van der Waals surface area (Å²) in [6.45, 7) is 4.20. The molecule has 1 aromatic heterocycles. The van der Waals surface area contributed by atoms with Crippen LogP contribution in [0.25, 0.3) is 0 Å². The monoisotopic (exact) mass is 435 g/mol. The van der Waals surface area contributed by atoms with E-state index in [0.29, 0.717) is 17.4 Å². The number of H-pyrrole nitrogens is 1. The predicted molar refractivity (Wildman–Crippen MR) is 101 cm³/mol. The largest absolute Gasteiger partial charge is 0.394 e. The zero-order valence-electron chi connectivity index (χ0n) is 17.2. The number of rotatable bonds is 9. The molecular weight excluding hydrogens is 405 g/mol. The van der Waals surface area contributed by atoms with Gasteiger partial charge in [-0.3, -0.25) is 9.78 Å². The van der Waals surface area contributed by atoms with Crippen LogP contribution in [0, 0.1) is 0 Å². The van der Waals surface area contributed by atoms with Crippen molar-refractivity contribution in [2.24, 2.45) is 0 Å². The van der Waals surface area contributed by atoms with Crippen molar-refractivity contribution in [2.45, 2.75) is 82.5 Å². The first-order valence-corrected chi connectivity index (χ1v) is 9.85. The van der Waals surface area contributed by atoms with Crippen LogP contribution in [0.3, 0.4) is 0 Å². The fraction of sp³-hybridized carbons (Fsp3) is 0.778. The molecule has 0 bridgehead atoms. The van der Waals surface area contributed by atoms with Crippen molar-refractivity contribution in [3.8, 4) is 0 Å². The van der Waals surface area contributed by atoms with E-state index in [1.165, 1.54) is 0 Å². The Bertz CT molecular complexity index is 845. The standard InChI is InChI=1S/C18H30FN3O8/c1-4-5-6-7-13(19)22(29)17(27)14(24)12(9-23)30-18(17,28)21-8-11(10(2)3)15(25)20-16(21)26/h8,10,12-14,23-24,27-29H,4-7,9H2,1-3H3,(H,20,25,26)/t12-,13?,14-,17-,18-/m1/s1. The summed E-state index contributed by atoms with van der Waals surface area (Å²) in [6, 6.07) is 0. The lowest BCUT2D eigenvalue weighted by Crippen LogP contribution is -2.69. The van der Waals surface area contributed by atoms with E-state index in [4.69, 9.17) is 4.74 Å². The lowest BCUT2D eigenvalue weighted by molar-refractivity contribution is -0.428. The molecule has 1 fully saturated rings. The minimum absolute atomic E-state index is 0.0140. The molecule has 2 rings (SSSR count). The minimum atomic E-state index is -3.29. The number of aromatic nitrogens is 2. The van der Waals surface area contributed by atoms with Crippen molar-refractivity contribution in [2.75, 3.05) is 6.61 Å². The summed E-state index contributed by atoms with van der Waals surface area (Å²) in [5, 5.41) is 52.3. The zero-order valence-corrected chi connectivity index (χ0v) is 17.2. The summed E-state index contributed by atoms with van der Waals surface area (Å²) in [7, 11) is 0. The number of nitrogens with zero attached hydrogens (tertiary/aromatic N) is 2. The number of aliphatic hydroxyl groups excluding tert-OH is 2. The maximum atomic E-state index is 14.7. The molecule has 1 aliphatic heterocycles.